The molecule has 4 aromatic rings. The maximum absolute atomic E-state index is 12.6. The lowest BCUT2D eigenvalue weighted by Crippen LogP contribution is -2.38. The summed E-state index contributed by atoms with van der Waals surface area (Å²) in [6.07, 6.45) is 1.81. The first-order valence-corrected chi connectivity index (χ1v) is 11.4. The van der Waals surface area contributed by atoms with Crippen LogP contribution in [0.1, 0.15) is 12.8 Å². The lowest BCUT2D eigenvalue weighted by Gasteiger charge is -2.18. The number of carbonyl (C=O) groups excluding carboxylic acids is 2. The van der Waals surface area contributed by atoms with Crippen molar-refractivity contribution >= 4 is 28.4 Å². The fraction of sp³-hybridized carbons (Fsp3) is 0.185. The minimum Gasteiger partial charge on any atom is -0.457 e. The number of para-hydroxylation sites is 2. The van der Waals surface area contributed by atoms with E-state index in [1.165, 1.54) is 10.9 Å². The number of aryl methyl sites for hydroxylation is 1. The monoisotopic (exact) mass is 468 g/mol. The highest BCUT2D eigenvalue weighted by molar-refractivity contribution is 5.96. The summed E-state index contributed by atoms with van der Waals surface area (Å²) in [4.78, 5) is 43.6. The average Bonchev–Trinajstić information content (AvgIpc) is 3.24. The quantitative estimate of drug-likeness (QED) is 0.448. The van der Waals surface area contributed by atoms with Crippen LogP contribution in [-0.4, -0.2) is 34.0 Å². The van der Waals surface area contributed by atoms with E-state index in [1.807, 2.05) is 60.7 Å². The third kappa shape index (κ3) is 5.06. The standard InChI is InChI=1S/C27H24N4O4/c32-25(14-15-30-18-28-24-9-5-4-8-23(24)27(30)34)29-19-16-26(33)31(17-19)20-10-12-22(13-11-20)35-21-6-2-1-3-7-21/h1-13,18-19H,14-17H2,(H,29,32). The molecule has 8 nitrogen and oxygen atoms in total. The van der Waals surface area contributed by atoms with Crippen LogP contribution in [0.4, 0.5) is 5.69 Å². The van der Waals surface area contributed by atoms with E-state index in [0.717, 1.165) is 11.4 Å². The van der Waals surface area contributed by atoms with Crippen molar-refractivity contribution in [3.8, 4) is 11.5 Å². The minimum absolute atomic E-state index is 0.0537. The summed E-state index contributed by atoms with van der Waals surface area (Å²) in [6.45, 7) is 0.608. The number of nitrogens with one attached hydrogen (secondary N) is 1. The van der Waals surface area contributed by atoms with Gasteiger partial charge in [-0.25, -0.2) is 4.98 Å². The molecule has 2 amide bonds. The van der Waals surface area contributed by atoms with Crippen LogP contribution in [0.15, 0.2) is 90.0 Å². The first-order valence-electron chi connectivity index (χ1n) is 11.4. The molecule has 3 aromatic carbocycles. The number of anilines is 1. The van der Waals surface area contributed by atoms with E-state index in [9.17, 15) is 14.4 Å². The molecule has 1 N–H and O–H groups in total. The molecule has 8 heteroatoms. The van der Waals surface area contributed by atoms with Gasteiger partial charge in [-0.3, -0.25) is 19.0 Å². The third-order valence-electron chi connectivity index (χ3n) is 5.93. The van der Waals surface area contributed by atoms with Crippen LogP contribution in [0.2, 0.25) is 0 Å². The molecule has 0 saturated carbocycles. The number of rotatable bonds is 7. The van der Waals surface area contributed by atoms with Gasteiger partial charge in [0.2, 0.25) is 11.8 Å². The SMILES string of the molecule is O=C(CCn1cnc2ccccc2c1=O)NC1CC(=O)N(c2ccc(Oc3ccccc3)cc2)C1. The van der Waals surface area contributed by atoms with Crippen molar-refractivity contribution < 1.29 is 14.3 Å². The van der Waals surface area contributed by atoms with Crippen molar-refractivity contribution in [1.82, 2.24) is 14.9 Å². The van der Waals surface area contributed by atoms with E-state index >= 15 is 0 Å². The molecule has 1 fully saturated rings. The summed E-state index contributed by atoms with van der Waals surface area (Å²) in [5.41, 5.74) is 1.20. The van der Waals surface area contributed by atoms with Gasteiger partial charge in [0, 0.05) is 31.6 Å². The molecule has 0 aliphatic carbocycles. The van der Waals surface area contributed by atoms with Crippen LogP contribution in [-0.2, 0) is 16.1 Å². The topological polar surface area (TPSA) is 93.5 Å². The Kier molecular flexibility index (Phi) is 6.26. The molecule has 1 aliphatic heterocycles. The van der Waals surface area contributed by atoms with Gasteiger partial charge in [0.15, 0.2) is 0 Å². The van der Waals surface area contributed by atoms with Gasteiger partial charge in [-0.05, 0) is 48.5 Å². The zero-order valence-corrected chi connectivity index (χ0v) is 19.0. The second-order valence-corrected chi connectivity index (χ2v) is 8.39. The van der Waals surface area contributed by atoms with E-state index in [2.05, 4.69) is 10.3 Å². The van der Waals surface area contributed by atoms with E-state index in [4.69, 9.17) is 4.74 Å². The third-order valence-corrected chi connectivity index (χ3v) is 5.93. The highest BCUT2D eigenvalue weighted by Gasteiger charge is 2.31. The van der Waals surface area contributed by atoms with Crippen LogP contribution in [0.3, 0.4) is 0 Å². The van der Waals surface area contributed by atoms with E-state index < -0.39 is 0 Å². The van der Waals surface area contributed by atoms with Gasteiger partial charge in [-0.1, -0.05) is 30.3 Å². The van der Waals surface area contributed by atoms with Crippen LogP contribution >= 0.6 is 0 Å². The van der Waals surface area contributed by atoms with Crippen molar-refractivity contribution in [2.45, 2.75) is 25.4 Å². The van der Waals surface area contributed by atoms with Crippen molar-refractivity contribution in [3.05, 3.63) is 95.5 Å². The molecule has 0 radical (unpaired) electrons. The highest BCUT2D eigenvalue weighted by Crippen LogP contribution is 2.27. The number of amides is 2. The number of hydrogen-bond donors (Lipinski definition) is 1. The fourth-order valence-electron chi connectivity index (χ4n) is 4.16. The molecule has 5 rings (SSSR count). The number of hydrogen-bond acceptors (Lipinski definition) is 5. The van der Waals surface area contributed by atoms with Gasteiger partial charge in [-0.2, -0.15) is 0 Å². The summed E-state index contributed by atoms with van der Waals surface area (Å²) in [7, 11) is 0. The molecule has 2 heterocycles. The van der Waals surface area contributed by atoms with Gasteiger partial charge in [0.05, 0.1) is 23.3 Å². The Morgan fingerprint density at radius 1 is 0.943 bits per heavy atom. The predicted molar refractivity (Wildman–Crippen MR) is 132 cm³/mol. The Morgan fingerprint density at radius 2 is 1.66 bits per heavy atom. The van der Waals surface area contributed by atoms with Crippen molar-refractivity contribution in [1.29, 1.82) is 0 Å². The highest BCUT2D eigenvalue weighted by atomic mass is 16.5. The number of benzene rings is 3. The van der Waals surface area contributed by atoms with E-state index in [0.29, 0.717) is 23.2 Å². The first-order chi connectivity index (χ1) is 17.1. The van der Waals surface area contributed by atoms with Gasteiger partial charge in [-0.15, -0.1) is 0 Å². The number of ether oxygens (including phenoxy) is 1. The Balaban J connectivity index is 1.16. The summed E-state index contributed by atoms with van der Waals surface area (Å²) < 4.78 is 7.24. The van der Waals surface area contributed by atoms with Crippen LogP contribution in [0.5, 0.6) is 11.5 Å². The smallest absolute Gasteiger partial charge is 0.261 e. The molecule has 1 atom stereocenters. The fourth-order valence-corrected chi connectivity index (χ4v) is 4.16. The molecular weight excluding hydrogens is 444 g/mol. The molecule has 1 aliphatic rings. The lowest BCUT2D eigenvalue weighted by atomic mass is 10.2. The van der Waals surface area contributed by atoms with Crippen LogP contribution < -0.4 is 20.5 Å². The Hall–Kier alpha value is -4.46. The van der Waals surface area contributed by atoms with Gasteiger partial charge >= 0.3 is 0 Å². The molecule has 1 unspecified atom stereocenters. The molecule has 0 bridgehead atoms. The number of fused-ring (bicyclic) bond motifs is 1. The largest absolute Gasteiger partial charge is 0.457 e. The van der Waals surface area contributed by atoms with Crippen LogP contribution in [0, 0.1) is 0 Å². The Labute approximate surface area is 201 Å². The zero-order valence-electron chi connectivity index (χ0n) is 19.0. The summed E-state index contributed by atoms with van der Waals surface area (Å²) in [5, 5.41) is 3.44. The molecule has 176 valence electrons. The van der Waals surface area contributed by atoms with Crippen molar-refractivity contribution in [3.63, 3.8) is 0 Å². The number of aromatic nitrogens is 2. The summed E-state index contributed by atoms with van der Waals surface area (Å²) in [6, 6.07) is 23.6. The van der Waals surface area contributed by atoms with Gasteiger partial charge < -0.3 is 15.0 Å². The minimum atomic E-state index is -0.290. The number of nitrogens with zero attached hydrogens (tertiary/aromatic N) is 3. The van der Waals surface area contributed by atoms with Crippen LogP contribution in [0.25, 0.3) is 10.9 Å². The predicted octanol–water partition coefficient (Wildman–Crippen LogP) is 3.50. The van der Waals surface area contributed by atoms with E-state index in [-0.39, 0.29) is 42.8 Å². The molecule has 1 saturated heterocycles. The van der Waals surface area contributed by atoms with Crippen molar-refractivity contribution in [2.75, 3.05) is 11.4 Å². The molecular formula is C27H24N4O4. The molecule has 1 aromatic heterocycles. The second-order valence-electron chi connectivity index (χ2n) is 8.39. The first kappa shape index (κ1) is 22.3. The Bertz CT molecular complexity index is 1420. The van der Waals surface area contributed by atoms with Crippen molar-refractivity contribution in [2.24, 2.45) is 0 Å². The molecule has 0 spiro atoms. The Morgan fingerprint density at radius 3 is 2.46 bits per heavy atom. The zero-order chi connectivity index (χ0) is 24.2. The normalized spacial score (nSPS) is 15.4. The molecule has 35 heavy (non-hydrogen) atoms. The lowest BCUT2D eigenvalue weighted by molar-refractivity contribution is -0.122. The summed E-state index contributed by atoms with van der Waals surface area (Å²) in [5.74, 6) is 1.15. The van der Waals surface area contributed by atoms with Gasteiger partial charge in [0.25, 0.3) is 5.56 Å². The van der Waals surface area contributed by atoms with E-state index in [1.54, 1.807) is 23.1 Å². The average molecular weight is 469 g/mol. The maximum Gasteiger partial charge on any atom is 0.261 e. The number of carbonyl (C=O) groups is 2. The van der Waals surface area contributed by atoms with Gasteiger partial charge in [0.1, 0.15) is 11.5 Å². The second kappa shape index (κ2) is 9.80. The summed E-state index contributed by atoms with van der Waals surface area (Å²) >= 11 is 0. The maximum atomic E-state index is 12.6.